The van der Waals surface area contributed by atoms with Crippen LogP contribution in [0, 0.1) is 29.6 Å². The molecule has 3 atom stereocenters. The first-order valence-corrected chi connectivity index (χ1v) is 14.4. The fourth-order valence-electron chi connectivity index (χ4n) is 8.28. The van der Waals surface area contributed by atoms with Gasteiger partial charge in [-0.3, -0.25) is 0 Å². The van der Waals surface area contributed by atoms with Crippen LogP contribution in [0.3, 0.4) is 0 Å². The van der Waals surface area contributed by atoms with Crippen molar-refractivity contribution in [3.05, 3.63) is 0 Å². The molecule has 0 N–H and O–H groups in total. The van der Waals surface area contributed by atoms with E-state index in [0.29, 0.717) is 18.8 Å². The highest BCUT2D eigenvalue weighted by atomic mass is 19.1. The van der Waals surface area contributed by atoms with Crippen molar-refractivity contribution in [1.29, 1.82) is 0 Å². The molecule has 0 amide bonds. The standard InChI is InChI=1S/C29H50F2O.2CH4.2H2/c1-4-6-7-8-18-28(3)29(32-28)26(30)19-25(20-27(29)31)24-16-14-23(15-17-24)22-12-10-21(9-5-2)11-13-22;;;;/h21-27H,4-20H2,1-3H3;2*1H4;2*1H. The van der Waals surface area contributed by atoms with Gasteiger partial charge in [0.1, 0.15) is 17.9 Å². The van der Waals surface area contributed by atoms with Gasteiger partial charge < -0.3 is 4.74 Å². The van der Waals surface area contributed by atoms with Crippen molar-refractivity contribution in [2.24, 2.45) is 29.6 Å². The molecular formula is C31H62F2O. The molecule has 1 nitrogen and oxygen atoms in total. The minimum absolute atomic E-state index is 0. The summed E-state index contributed by atoms with van der Waals surface area (Å²) in [7, 11) is 0. The molecule has 3 heteroatoms. The highest BCUT2D eigenvalue weighted by Gasteiger charge is 2.76. The predicted octanol–water partition coefficient (Wildman–Crippen LogP) is 10.7. The number of alkyl halides is 2. The van der Waals surface area contributed by atoms with E-state index in [1.807, 2.05) is 6.92 Å². The fraction of sp³-hybridized carbons (Fsp3) is 1.00. The summed E-state index contributed by atoms with van der Waals surface area (Å²) in [6.45, 7) is 6.48. The molecule has 0 radical (unpaired) electrons. The molecule has 34 heavy (non-hydrogen) atoms. The summed E-state index contributed by atoms with van der Waals surface area (Å²) in [4.78, 5) is 0. The van der Waals surface area contributed by atoms with Crippen molar-refractivity contribution in [2.75, 3.05) is 0 Å². The van der Waals surface area contributed by atoms with Crippen LogP contribution >= 0.6 is 0 Å². The molecule has 3 saturated carbocycles. The third-order valence-electron chi connectivity index (χ3n) is 10.4. The molecule has 0 aromatic heterocycles. The van der Waals surface area contributed by atoms with E-state index < -0.39 is 23.5 Å². The quantitative estimate of drug-likeness (QED) is 0.232. The van der Waals surface area contributed by atoms with E-state index in [2.05, 4.69) is 13.8 Å². The Kier molecular flexibility index (Phi) is 11.4. The Morgan fingerprint density at radius 2 is 1.21 bits per heavy atom. The normalized spacial score (nSPS) is 44.2. The van der Waals surface area contributed by atoms with E-state index in [4.69, 9.17) is 4.74 Å². The summed E-state index contributed by atoms with van der Waals surface area (Å²) >= 11 is 0. The summed E-state index contributed by atoms with van der Waals surface area (Å²) < 4.78 is 36.8. The summed E-state index contributed by atoms with van der Waals surface area (Å²) in [5.74, 6) is 3.54. The Bertz CT molecular complexity index is 577. The SMILES string of the molecule is C.C.CCCCCCC1(C)OC12C(F)CC(C1CCC(C3CCC(CCC)CC3)CC1)CC2F.[HH].[HH]. The number of ether oxygens (including phenoxy) is 1. The van der Waals surface area contributed by atoms with Gasteiger partial charge in [-0.1, -0.05) is 80.1 Å². The molecule has 206 valence electrons. The lowest BCUT2D eigenvalue weighted by Crippen LogP contribution is -2.49. The third kappa shape index (κ3) is 6.03. The fourth-order valence-corrected chi connectivity index (χ4v) is 8.28. The maximum Gasteiger partial charge on any atom is 0.159 e. The van der Waals surface area contributed by atoms with Gasteiger partial charge >= 0.3 is 0 Å². The molecule has 4 rings (SSSR count). The van der Waals surface area contributed by atoms with Gasteiger partial charge in [0.05, 0.1) is 0 Å². The number of epoxide rings is 1. The second kappa shape index (κ2) is 12.9. The number of hydrogen-bond acceptors (Lipinski definition) is 1. The average molecular weight is 489 g/mol. The van der Waals surface area contributed by atoms with Gasteiger partial charge in [-0.25, -0.2) is 8.78 Å². The van der Waals surface area contributed by atoms with Gasteiger partial charge in [-0.2, -0.15) is 0 Å². The van der Waals surface area contributed by atoms with Crippen LogP contribution in [0.25, 0.3) is 0 Å². The zero-order valence-electron chi connectivity index (χ0n) is 21.2. The van der Waals surface area contributed by atoms with Crippen LogP contribution in [0.5, 0.6) is 0 Å². The lowest BCUT2D eigenvalue weighted by atomic mass is 9.63. The van der Waals surface area contributed by atoms with E-state index in [0.717, 1.165) is 37.0 Å². The van der Waals surface area contributed by atoms with Gasteiger partial charge in [0.25, 0.3) is 0 Å². The van der Waals surface area contributed by atoms with Crippen molar-refractivity contribution in [1.82, 2.24) is 0 Å². The summed E-state index contributed by atoms with van der Waals surface area (Å²) in [6, 6.07) is 0. The molecular weight excluding hydrogens is 426 g/mol. The van der Waals surface area contributed by atoms with Crippen LogP contribution in [0.4, 0.5) is 8.78 Å². The largest absolute Gasteiger partial charge is 0.356 e. The Labute approximate surface area is 214 Å². The van der Waals surface area contributed by atoms with Crippen LogP contribution in [-0.2, 0) is 4.74 Å². The Hall–Kier alpha value is -0.180. The zero-order chi connectivity index (χ0) is 22.8. The first kappa shape index (κ1) is 30.0. The van der Waals surface area contributed by atoms with Crippen molar-refractivity contribution in [3.63, 3.8) is 0 Å². The minimum atomic E-state index is -1.13. The molecule has 0 aromatic carbocycles. The van der Waals surface area contributed by atoms with Crippen molar-refractivity contribution >= 4 is 0 Å². The maximum absolute atomic E-state index is 15.5. The van der Waals surface area contributed by atoms with Gasteiger partial charge in [0.2, 0.25) is 0 Å². The molecule has 3 aliphatic carbocycles. The minimum Gasteiger partial charge on any atom is -0.356 e. The van der Waals surface area contributed by atoms with Gasteiger partial charge in [-0.15, -0.1) is 0 Å². The zero-order valence-corrected chi connectivity index (χ0v) is 21.2. The average Bonchev–Trinajstić information content (AvgIpc) is 3.43. The summed E-state index contributed by atoms with van der Waals surface area (Å²) in [5.41, 5.74) is -1.69. The van der Waals surface area contributed by atoms with E-state index in [-0.39, 0.29) is 23.6 Å². The van der Waals surface area contributed by atoms with Crippen LogP contribution in [0.15, 0.2) is 0 Å². The highest BCUT2D eigenvalue weighted by molar-refractivity contribution is 5.23. The Balaban J connectivity index is 0.00000306. The number of halogens is 2. The first-order chi connectivity index (χ1) is 15.4. The number of unbranched alkanes of at least 4 members (excludes halogenated alkanes) is 3. The van der Waals surface area contributed by atoms with E-state index in [1.165, 1.54) is 77.0 Å². The molecule has 1 saturated heterocycles. The predicted molar refractivity (Wildman–Crippen MR) is 147 cm³/mol. The molecule has 4 fully saturated rings. The van der Waals surface area contributed by atoms with Gasteiger partial charge in [0, 0.05) is 2.85 Å². The molecule has 3 unspecified atom stereocenters. The van der Waals surface area contributed by atoms with Crippen LogP contribution in [-0.4, -0.2) is 23.5 Å². The number of hydrogen-bond donors (Lipinski definition) is 0. The van der Waals surface area contributed by atoms with Gasteiger partial charge in [-0.05, 0) is 94.3 Å². The highest BCUT2D eigenvalue weighted by Crippen LogP contribution is 2.62. The molecule has 1 spiro atoms. The van der Waals surface area contributed by atoms with Crippen LogP contribution in [0.1, 0.15) is 148 Å². The third-order valence-corrected chi connectivity index (χ3v) is 10.4. The second-order valence-corrected chi connectivity index (χ2v) is 12.3. The van der Waals surface area contributed by atoms with Crippen molar-refractivity contribution in [3.8, 4) is 0 Å². The summed E-state index contributed by atoms with van der Waals surface area (Å²) in [6.07, 6.45) is 17.7. The van der Waals surface area contributed by atoms with Crippen molar-refractivity contribution < 1.29 is 16.4 Å². The topological polar surface area (TPSA) is 12.5 Å². The lowest BCUT2D eigenvalue weighted by molar-refractivity contribution is -0.0107. The van der Waals surface area contributed by atoms with Gasteiger partial charge in [0.15, 0.2) is 5.60 Å². The second-order valence-electron chi connectivity index (χ2n) is 12.3. The van der Waals surface area contributed by atoms with Crippen LogP contribution < -0.4 is 0 Å². The Morgan fingerprint density at radius 3 is 1.71 bits per heavy atom. The smallest absolute Gasteiger partial charge is 0.159 e. The molecule has 1 heterocycles. The molecule has 4 aliphatic rings. The monoisotopic (exact) mass is 488 g/mol. The molecule has 0 aromatic rings. The molecule has 0 bridgehead atoms. The van der Waals surface area contributed by atoms with Crippen molar-refractivity contribution in [2.45, 2.75) is 168 Å². The number of rotatable bonds is 9. The lowest BCUT2D eigenvalue weighted by Gasteiger charge is -2.43. The Morgan fingerprint density at radius 1 is 0.706 bits per heavy atom. The van der Waals surface area contributed by atoms with Crippen LogP contribution in [0.2, 0.25) is 0 Å². The molecule has 1 aliphatic heterocycles. The summed E-state index contributed by atoms with van der Waals surface area (Å²) in [5, 5.41) is 0. The van der Waals surface area contributed by atoms with E-state index in [9.17, 15) is 0 Å². The van der Waals surface area contributed by atoms with E-state index >= 15 is 8.78 Å². The first-order valence-electron chi connectivity index (χ1n) is 14.4. The van der Waals surface area contributed by atoms with E-state index in [1.54, 1.807) is 0 Å². The maximum atomic E-state index is 15.5.